The van der Waals surface area contributed by atoms with Crippen molar-refractivity contribution in [3.8, 4) is 5.75 Å². The molecule has 0 aromatic heterocycles. The normalized spacial score (nSPS) is 12.4. The molecule has 0 aliphatic rings. The van der Waals surface area contributed by atoms with E-state index in [0.29, 0.717) is 5.75 Å². The van der Waals surface area contributed by atoms with Crippen LogP contribution in [-0.2, 0) is 26.2 Å². The lowest BCUT2D eigenvalue weighted by Gasteiger charge is -2.34. The molecular weight excluding hydrogens is 514 g/mol. The van der Waals surface area contributed by atoms with E-state index in [2.05, 4.69) is 5.32 Å². The van der Waals surface area contributed by atoms with Crippen molar-refractivity contribution in [3.63, 3.8) is 0 Å². The van der Waals surface area contributed by atoms with Gasteiger partial charge in [-0.05, 0) is 70.0 Å². The van der Waals surface area contributed by atoms with Gasteiger partial charge in [0.25, 0.3) is 10.0 Å². The Hall–Kier alpha value is -3.85. The van der Waals surface area contributed by atoms with Gasteiger partial charge in [-0.3, -0.25) is 13.9 Å². The van der Waals surface area contributed by atoms with E-state index in [0.717, 1.165) is 15.4 Å². The van der Waals surface area contributed by atoms with Crippen molar-refractivity contribution in [2.75, 3.05) is 18.0 Å². The van der Waals surface area contributed by atoms with Gasteiger partial charge in [-0.25, -0.2) is 8.42 Å². The highest BCUT2D eigenvalue weighted by Crippen LogP contribution is 2.32. The highest BCUT2D eigenvalue weighted by atomic mass is 32.2. The number of carbonyl (C=O) groups excluding carboxylic acids is 2. The van der Waals surface area contributed by atoms with E-state index >= 15 is 0 Å². The zero-order valence-corrected chi connectivity index (χ0v) is 24.2. The Labute approximate surface area is 231 Å². The average molecular weight is 552 g/mol. The Morgan fingerprint density at radius 2 is 1.51 bits per heavy atom. The molecule has 0 aliphatic heterocycles. The maximum Gasteiger partial charge on any atom is 0.264 e. The van der Waals surface area contributed by atoms with E-state index in [1.54, 1.807) is 49.4 Å². The summed E-state index contributed by atoms with van der Waals surface area (Å²) in [6.07, 6.45) is 0. The average Bonchev–Trinajstić information content (AvgIpc) is 2.90. The fraction of sp³-hybridized carbons (Fsp3) is 0.333. The van der Waals surface area contributed by atoms with Crippen molar-refractivity contribution in [1.29, 1.82) is 0 Å². The minimum atomic E-state index is -4.17. The molecule has 3 rings (SSSR count). The second-order valence-electron chi connectivity index (χ2n) is 10.4. The number of nitrogens with zero attached hydrogens (tertiary/aromatic N) is 2. The number of hydrogen-bond acceptors (Lipinski definition) is 5. The summed E-state index contributed by atoms with van der Waals surface area (Å²) in [7, 11) is -2.72. The van der Waals surface area contributed by atoms with Crippen LogP contribution in [0.4, 0.5) is 5.69 Å². The Morgan fingerprint density at radius 1 is 0.923 bits per heavy atom. The first-order valence-corrected chi connectivity index (χ1v) is 14.2. The van der Waals surface area contributed by atoms with Crippen LogP contribution in [0.2, 0.25) is 0 Å². The number of para-hydroxylation sites is 2. The maximum absolute atomic E-state index is 14.0. The van der Waals surface area contributed by atoms with Crippen LogP contribution < -0.4 is 14.4 Å². The van der Waals surface area contributed by atoms with Gasteiger partial charge < -0.3 is 15.0 Å². The van der Waals surface area contributed by atoms with Gasteiger partial charge in [-0.2, -0.15) is 0 Å². The number of nitrogens with one attached hydrogen (secondary N) is 1. The topological polar surface area (TPSA) is 96.0 Å². The number of methoxy groups -OCH3 is 1. The van der Waals surface area contributed by atoms with Crippen molar-refractivity contribution >= 4 is 27.5 Å². The molecule has 0 radical (unpaired) electrons. The van der Waals surface area contributed by atoms with E-state index in [-0.39, 0.29) is 23.0 Å². The predicted molar refractivity (Wildman–Crippen MR) is 153 cm³/mol. The van der Waals surface area contributed by atoms with E-state index < -0.39 is 34.1 Å². The molecule has 8 nitrogen and oxygen atoms in total. The van der Waals surface area contributed by atoms with Gasteiger partial charge in [0.1, 0.15) is 18.3 Å². The van der Waals surface area contributed by atoms with Crippen molar-refractivity contribution in [2.45, 2.75) is 57.6 Å². The molecule has 0 saturated carbocycles. The van der Waals surface area contributed by atoms with E-state index in [4.69, 9.17) is 4.74 Å². The molecule has 9 heteroatoms. The molecule has 0 fully saturated rings. The standard InChI is InChI=1S/C30H37N3O5S/c1-22-14-10-11-15-24(22)20-32(23(2)29(35)31-30(3,4)5)28(34)21-33(26-18-12-13-19-27(26)38-6)39(36,37)25-16-8-7-9-17-25/h7-19,23H,20-21H2,1-6H3,(H,31,35)/t23-/m0/s1. The number of benzene rings is 3. The van der Waals surface area contributed by atoms with Crippen LogP contribution in [0, 0.1) is 6.92 Å². The molecule has 0 unspecified atom stereocenters. The van der Waals surface area contributed by atoms with Gasteiger partial charge >= 0.3 is 0 Å². The van der Waals surface area contributed by atoms with Crippen molar-refractivity contribution < 1.29 is 22.7 Å². The summed E-state index contributed by atoms with van der Waals surface area (Å²) in [4.78, 5) is 28.7. The Kier molecular flexibility index (Phi) is 9.40. The SMILES string of the molecule is COc1ccccc1N(CC(=O)N(Cc1ccccc1C)[C@@H](C)C(=O)NC(C)(C)C)S(=O)(=O)c1ccccc1. The molecule has 0 heterocycles. The third-order valence-electron chi connectivity index (χ3n) is 6.23. The first kappa shape index (κ1) is 29.7. The summed E-state index contributed by atoms with van der Waals surface area (Å²) in [5, 5.41) is 2.93. The molecule has 0 saturated heterocycles. The Bertz CT molecular complexity index is 1400. The van der Waals surface area contributed by atoms with Crippen molar-refractivity contribution in [3.05, 3.63) is 90.0 Å². The lowest BCUT2D eigenvalue weighted by Crippen LogP contribution is -2.54. The van der Waals surface area contributed by atoms with Crippen LogP contribution in [0.25, 0.3) is 0 Å². The number of carbonyl (C=O) groups is 2. The van der Waals surface area contributed by atoms with Gasteiger partial charge in [0.15, 0.2) is 0 Å². The molecule has 2 amide bonds. The summed E-state index contributed by atoms with van der Waals surface area (Å²) in [5.74, 6) is -0.562. The predicted octanol–water partition coefficient (Wildman–Crippen LogP) is 4.53. The molecular formula is C30H37N3O5S. The summed E-state index contributed by atoms with van der Waals surface area (Å²) in [5.41, 5.74) is 1.52. The fourth-order valence-electron chi connectivity index (χ4n) is 4.10. The Balaban J connectivity index is 2.08. The summed E-state index contributed by atoms with van der Waals surface area (Å²) >= 11 is 0. The number of aryl methyl sites for hydroxylation is 1. The fourth-order valence-corrected chi connectivity index (χ4v) is 5.54. The zero-order valence-electron chi connectivity index (χ0n) is 23.3. The zero-order chi connectivity index (χ0) is 28.8. The Morgan fingerprint density at radius 3 is 2.13 bits per heavy atom. The first-order valence-electron chi connectivity index (χ1n) is 12.7. The summed E-state index contributed by atoms with van der Waals surface area (Å²) in [6, 6.07) is 21.3. The third kappa shape index (κ3) is 7.38. The number of rotatable bonds is 10. The first-order chi connectivity index (χ1) is 18.3. The largest absolute Gasteiger partial charge is 0.495 e. The van der Waals surface area contributed by atoms with Crippen LogP contribution in [0.15, 0.2) is 83.8 Å². The van der Waals surface area contributed by atoms with Crippen LogP contribution in [0.3, 0.4) is 0 Å². The number of anilines is 1. The molecule has 1 atom stereocenters. The van der Waals surface area contributed by atoms with E-state index in [9.17, 15) is 18.0 Å². The molecule has 1 N–H and O–H groups in total. The minimum absolute atomic E-state index is 0.0349. The smallest absolute Gasteiger partial charge is 0.264 e. The molecule has 208 valence electrons. The van der Waals surface area contributed by atoms with Crippen molar-refractivity contribution in [2.24, 2.45) is 0 Å². The molecule has 0 bridgehead atoms. The lowest BCUT2D eigenvalue weighted by molar-refractivity contribution is -0.140. The van der Waals surface area contributed by atoms with Gasteiger partial charge in [-0.1, -0.05) is 54.6 Å². The number of hydrogen-bond donors (Lipinski definition) is 1. The number of amides is 2. The van der Waals surface area contributed by atoms with Crippen LogP contribution in [0.5, 0.6) is 5.75 Å². The molecule has 3 aromatic rings. The number of sulfonamides is 1. The molecule has 0 aliphatic carbocycles. The lowest BCUT2D eigenvalue weighted by atomic mass is 10.1. The van der Waals surface area contributed by atoms with Gasteiger partial charge in [0.2, 0.25) is 11.8 Å². The molecule has 0 spiro atoms. The van der Waals surface area contributed by atoms with Gasteiger partial charge in [-0.15, -0.1) is 0 Å². The molecule has 3 aromatic carbocycles. The highest BCUT2D eigenvalue weighted by molar-refractivity contribution is 7.92. The van der Waals surface area contributed by atoms with Crippen LogP contribution in [-0.4, -0.2) is 50.4 Å². The second-order valence-corrected chi connectivity index (χ2v) is 12.2. The van der Waals surface area contributed by atoms with Gasteiger partial charge in [0.05, 0.1) is 17.7 Å². The minimum Gasteiger partial charge on any atom is -0.495 e. The monoisotopic (exact) mass is 551 g/mol. The van der Waals surface area contributed by atoms with Crippen LogP contribution in [0.1, 0.15) is 38.8 Å². The van der Waals surface area contributed by atoms with E-state index in [1.165, 1.54) is 24.1 Å². The summed E-state index contributed by atoms with van der Waals surface area (Å²) < 4.78 is 34.3. The summed E-state index contributed by atoms with van der Waals surface area (Å²) in [6.45, 7) is 8.77. The maximum atomic E-state index is 14.0. The van der Waals surface area contributed by atoms with E-state index in [1.807, 2.05) is 52.0 Å². The number of ether oxygens (including phenoxy) is 1. The quantitative estimate of drug-likeness (QED) is 0.399. The molecule has 39 heavy (non-hydrogen) atoms. The van der Waals surface area contributed by atoms with Crippen LogP contribution >= 0.6 is 0 Å². The third-order valence-corrected chi connectivity index (χ3v) is 8.01. The second kappa shape index (κ2) is 12.3. The van der Waals surface area contributed by atoms with Gasteiger partial charge in [0, 0.05) is 12.1 Å². The highest BCUT2D eigenvalue weighted by Gasteiger charge is 2.34. The van der Waals surface area contributed by atoms with Crippen molar-refractivity contribution in [1.82, 2.24) is 10.2 Å².